The molecule has 0 bridgehead atoms. The van der Waals surface area contributed by atoms with E-state index >= 15 is 0 Å². The summed E-state index contributed by atoms with van der Waals surface area (Å²) in [7, 11) is -3.71. The van der Waals surface area contributed by atoms with Crippen LogP contribution in [0.1, 0.15) is 16.7 Å². The summed E-state index contributed by atoms with van der Waals surface area (Å²) in [6.07, 6.45) is 5.51. The molecule has 0 saturated heterocycles. The number of benzene rings is 1. The first kappa shape index (κ1) is 16.9. The van der Waals surface area contributed by atoms with Gasteiger partial charge in [-0.1, -0.05) is 18.2 Å². The second-order valence-corrected chi connectivity index (χ2v) is 6.62. The maximum atomic E-state index is 12.4. The third-order valence-corrected chi connectivity index (χ3v) is 4.65. The third-order valence-electron chi connectivity index (χ3n) is 3.11. The van der Waals surface area contributed by atoms with Crippen LogP contribution in [0.15, 0.2) is 53.7 Å². The van der Waals surface area contributed by atoms with Gasteiger partial charge in [-0.2, -0.15) is 0 Å². The summed E-state index contributed by atoms with van der Waals surface area (Å²) >= 11 is 0. The Morgan fingerprint density at radius 3 is 2.78 bits per heavy atom. The predicted octanol–water partition coefficient (Wildman–Crippen LogP) is 1.97. The quantitative estimate of drug-likeness (QED) is 0.788. The Morgan fingerprint density at radius 1 is 1.35 bits per heavy atom. The molecule has 2 rings (SSSR count). The van der Waals surface area contributed by atoms with Crippen molar-refractivity contribution < 1.29 is 18.3 Å². The Kier molecular flexibility index (Phi) is 5.25. The Hall–Kier alpha value is -2.51. The molecule has 23 heavy (non-hydrogen) atoms. The predicted molar refractivity (Wildman–Crippen MR) is 86.1 cm³/mol. The summed E-state index contributed by atoms with van der Waals surface area (Å²) in [6.45, 7) is 1.81. The van der Waals surface area contributed by atoms with Gasteiger partial charge in [-0.3, -0.25) is 4.98 Å². The summed E-state index contributed by atoms with van der Waals surface area (Å²) in [6, 6.07) is 8.25. The highest BCUT2D eigenvalue weighted by molar-refractivity contribution is 7.89. The van der Waals surface area contributed by atoms with E-state index in [2.05, 4.69) is 9.71 Å². The maximum absolute atomic E-state index is 12.4. The van der Waals surface area contributed by atoms with E-state index in [4.69, 9.17) is 5.11 Å². The van der Waals surface area contributed by atoms with E-state index in [0.29, 0.717) is 11.1 Å². The van der Waals surface area contributed by atoms with Crippen LogP contribution in [-0.2, 0) is 21.4 Å². The van der Waals surface area contributed by atoms with Crippen LogP contribution in [0.25, 0.3) is 6.08 Å². The number of nitrogens with one attached hydrogen (secondary N) is 1. The van der Waals surface area contributed by atoms with E-state index in [1.807, 2.05) is 0 Å². The highest BCUT2D eigenvalue weighted by Crippen LogP contribution is 2.18. The molecule has 0 fully saturated rings. The minimum Gasteiger partial charge on any atom is -0.478 e. The van der Waals surface area contributed by atoms with Gasteiger partial charge in [0.25, 0.3) is 0 Å². The zero-order valence-corrected chi connectivity index (χ0v) is 13.2. The first-order valence-electron chi connectivity index (χ1n) is 6.79. The molecule has 2 N–H and O–H groups in total. The summed E-state index contributed by atoms with van der Waals surface area (Å²) in [4.78, 5) is 14.6. The summed E-state index contributed by atoms with van der Waals surface area (Å²) in [5, 5.41) is 8.65. The van der Waals surface area contributed by atoms with Crippen molar-refractivity contribution in [2.45, 2.75) is 18.4 Å². The number of aryl methyl sites for hydroxylation is 1. The lowest BCUT2D eigenvalue weighted by Gasteiger charge is -2.10. The number of pyridine rings is 1. The molecule has 2 aromatic rings. The van der Waals surface area contributed by atoms with Gasteiger partial charge in [0, 0.05) is 25.0 Å². The fraction of sp³-hybridized carbons (Fsp3) is 0.125. The van der Waals surface area contributed by atoms with Gasteiger partial charge >= 0.3 is 5.97 Å². The van der Waals surface area contributed by atoms with Gasteiger partial charge in [0.1, 0.15) is 0 Å². The first-order chi connectivity index (χ1) is 10.9. The fourth-order valence-corrected chi connectivity index (χ4v) is 3.23. The molecular formula is C16H16N2O4S. The van der Waals surface area contributed by atoms with Crippen LogP contribution >= 0.6 is 0 Å². The van der Waals surface area contributed by atoms with Crippen molar-refractivity contribution in [2.75, 3.05) is 0 Å². The number of aromatic nitrogens is 1. The second-order valence-electron chi connectivity index (χ2n) is 4.88. The smallest absolute Gasteiger partial charge is 0.328 e. The molecule has 0 aliphatic carbocycles. The number of carboxylic acid groups (broad SMARTS) is 1. The zero-order chi connectivity index (χ0) is 16.9. The van der Waals surface area contributed by atoms with Crippen LogP contribution < -0.4 is 4.72 Å². The van der Waals surface area contributed by atoms with E-state index in [1.54, 1.807) is 43.6 Å². The van der Waals surface area contributed by atoms with Crippen molar-refractivity contribution in [1.82, 2.24) is 9.71 Å². The lowest BCUT2D eigenvalue weighted by Crippen LogP contribution is -2.24. The van der Waals surface area contributed by atoms with Crippen molar-refractivity contribution in [2.24, 2.45) is 0 Å². The first-order valence-corrected chi connectivity index (χ1v) is 8.27. The number of hydrogen-bond acceptors (Lipinski definition) is 4. The molecule has 6 nitrogen and oxygen atoms in total. The molecule has 1 aromatic heterocycles. The van der Waals surface area contributed by atoms with Crippen molar-refractivity contribution in [3.05, 3.63) is 65.5 Å². The summed E-state index contributed by atoms with van der Waals surface area (Å²) in [5.74, 6) is -1.09. The lowest BCUT2D eigenvalue weighted by molar-refractivity contribution is -0.131. The SMILES string of the molecule is Cc1ccc(C=CC(=O)O)cc1S(=O)(=O)NCc1cccnc1. The summed E-state index contributed by atoms with van der Waals surface area (Å²) < 4.78 is 27.4. The van der Waals surface area contributed by atoms with Gasteiger partial charge in [-0.25, -0.2) is 17.9 Å². The second kappa shape index (κ2) is 7.17. The maximum Gasteiger partial charge on any atom is 0.328 e. The number of hydrogen-bond donors (Lipinski definition) is 2. The van der Waals surface area contributed by atoms with Crippen LogP contribution in [-0.4, -0.2) is 24.5 Å². The summed E-state index contributed by atoms with van der Waals surface area (Å²) in [5.41, 5.74) is 1.83. The van der Waals surface area contributed by atoms with E-state index in [-0.39, 0.29) is 11.4 Å². The molecule has 1 aromatic carbocycles. The van der Waals surface area contributed by atoms with Gasteiger partial charge in [-0.15, -0.1) is 0 Å². The Morgan fingerprint density at radius 2 is 2.13 bits per heavy atom. The molecule has 1 heterocycles. The van der Waals surface area contributed by atoms with E-state index in [0.717, 1.165) is 11.6 Å². The van der Waals surface area contributed by atoms with Gasteiger partial charge < -0.3 is 5.11 Å². The van der Waals surface area contributed by atoms with Crippen molar-refractivity contribution >= 4 is 22.1 Å². The Balaban J connectivity index is 2.24. The van der Waals surface area contributed by atoms with Crippen LogP contribution in [0.4, 0.5) is 0 Å². The molecule has 0 unspecified atom stereocenters. The van der Waals surface area contributed by atoms with Crippen LogP contribution in [0.2, 0.25) is 0 Å². The van der Waals surface area contributed by atoms with Crippen molar-refractivity contribution in [1.29, 1.82) is 0 Å². The normalized spacial score (nSPS) is 11.7. The molecule has 120 valence electrons. The van der Waals surface area contributed by atoms with Crippen molar-refractivity contribution in [3.63, 3.8) is 0 Å². The zero-order valence-electron chi connectivity index (χ0n) is 12.4. The van der Waals surface area contributed by atoms with E-state index in [9.17, 15) is 13.2 Å². The molecule has 7 heteroatoms. The molecule has 0 amide bonds. The average Bonchev–Trinajstić information content (AvgIpc) is 2.53. The van der Waals surface area contributed by atoms with Crippen molar-refractivity contribution in [3.8, 4) is 0 Å². The standard InChI is InChI=1S/C16H16N2O4S/c1-12-4-5-13(6-7-16(19)20)9-15(12)23(21,22)18-11-14-3-2-8-17-10-14/h2-10,18H,11H2,1H3,(H,19,20). The van der Waals surface area contributed by atoms with Gasteiger partial charge in [0.15, 0.2) is 0 Å². The number of nitrogens with zero attached hydrogens (tertiary/aromatic N) is 1. The number of carboxylic acids is 1. The van der Waals surface area contributed by atoms with E-state index in [1.165, 1.54) is 12.1 Å². The molecule has 0 aliphatic rings. The van der Waals surface area contributed by atoms with Gasteiger partial charge in [0.05, 0.1) is 4.90 Å². The number of carbonyl (C=O) groups is 1. The molecule has 0 saturated carbocycles. The number of rotatable bonds is 6. The average molecular weight is 332 g/mol. The van der Waals surface area contributed by atoms with Crippen LogP contribution in [0.3, 0.4) is 0 Å². The van der Waals surface area contributed by atoms with Gasteiger partial charge in [-0.05, 0) is 41.8 Å². The fourth-order valence-electron chi connectivity index (χ4n) is 1.94. The largest absolute Gasteiger partial charge is 0.478 e. The molecular weight excluding hydrogens is 316 g/mol. The Labute approximate surface area is 134 Å². The molecule has 0 radical (unpaired) electrons. The minimum absolute atomic E-state index is 0.119. The monoisotopic (exact) mass is 332 g/mol. The van der Waals surface area contributed by atoms with Gasteiger partial charge in [0.2, 0.25) is 10.0 Å². The minimum atomic E-state index is -3.71. The molecule has 0 atom stereocenters. The molecule has 0 spiro atoms. The number of sulfonamides is 1. The van der Waals surface area contributed by atoms with Crippen LogP contribution in [0.5, 0.6) is 0 Å². The molecule has 0 aliphatic heterocycles. The van der Waals surface area contributed by atoms with E-state index < -0.39 is 16.0 Å². The Bertz CT molecular complexity index is 830. The third kappa shape index (κ3) is 4.73. The topological polar surface area (TPSA) is 96.4 Å². The highest BCUT2D eigenvalue weighted by Gasteiger charge is 2.16. The lowest BCUT2D eigenvalue weighted by atomic mass is 10.1. The highest BCUT2D eigenvalue weighted by atomic mass is 32.2. The van der Waals surface area contributed by atoms with Crippen LogP contribution in [0, 0.1) is 6.92 Å². The number of aliphatic carboxylic acids is 1.